The van der Waals surface area contributed by atoms with Crippen LogP contribution in [0.25, 0.3) is 0 Å². The Kier molecular flexibility index (Phi) is 6.48. The van der Waals surface area contributed by atoms with Crippen molar-refractivity contribution in [2.45, 2.75) is 31.1 Å². The lowest BCUT2D eigenvalue weighted by Crippen LogP contribution is -2.26. The molecule has 1 aliphatic carbocycles. The van der Waals surface area contributed by atoms with Gasteiger partial charge in [0.25, 0.3) is 11.6 Å². The molecule has 8 nitrogen and oxygen atoms in total. The van der Waals surface area contributed by atoms with Gasteiger partial charge in [0.05, 0.1) is 16.4 Å². The number of hydrogen-bond acceptors (Lipinski definition) is 6. The summed E-state index contributed by atoms with van der Waals surface area (Å²) >= 11 is 0. The molecule has 0 heterocycles. The maximum absolute atomic E-state index is 12.3. The molecule has 2 aromatic carbocycles. The largest absolute Gasteiger partial charge is 0.377 e. The molecule has 2 N–H and O–H groups in total. The molecular formula is C20H23N3O5S. The highest BCUT2D eigenvalue weighted by Crippen LogP contribution is 2.31. The van der Waals surface area contributed by atoms with E-state index in [-0.39, 0.29) is 41.8 Å². The van der Waals surface area contributed by atoms with E-state index in [4.69, 9.17) is 0 Å². The van der Waals surface area contributed by atoms with Crippen LogP contribution >= 0.6 is 0 Å². The van der Waals surface area contributed by atoms with Crippen molar-refractivity contribution in [1.29, 1.82) is 0 Å². The lowest BCUT2D eigenvalue weighted by atomic mass is 10.1. The number of benzene rings is 2. The Morgan fingerprint density at radius 2 is 1.86 bits per heavy atom. The summed E-state index contributed by atoms with van der Waals surface area (Å²) in [4.78, 5) is 23.0. The number of sulfone groups is 1. The van der Waals surface area contributed by atoms with Crippen molar-refractivity contribution in [3.8, 4) is 0 Å². The van der Waals surface area contributed by atoms with Gasteiger partial charge in [-0.05, 0) is 37.0 Å². The van der Waals surface area contributed by atoms with E-state index in [9.17, 15) is 23.3 Å². The molecule has 0 atom stereocenters. The van der Waals surface area contributed by atoms with Gasteiger partial charge in [-0.3, -0.25) is 14.9 Å². The first-order chi connectivity index (χ1) is 13.8. The second-order valence-corrected chi connectivity index (χ2v) is 9.28. The van der Waals surface area contributed by atoms with Crippen molar-refractivity contribution >= 4 is 27.1 Å². The SMILES string of the molecule is O=C(NCCCS(=O)(=O)Cc1ccccc1)c1ccc(NC2CC2)c([N+](=O)[O-])c1. The molecule has 0 aliphatic heterocycles. The predicted octanol–water partition coefficient (Wildman–Crippen LogP) is 2.90. The summed E-state index contributed by atoms with van der Waals surface area (Å²) in [7, 11) is -3.28. The van der Waals surface area contributed by atoms with Gasteiger partial charge in [-0.15, -0.1) is 0 Å². The monoisotopic (exact) mass is 417 g/mol. The Morgan fingerprint density at radius 1 is 1.14 bits per heavy atom. The summed E-state index contributed by atoms with van der Waals surface area (Å²) in [6.07, 6.45) is 2.23. The first-order valence-electron chi connectivity index (χ1n) is 9.41. The number of nitrogens with zero attached hydrogens (tertiary/aromatic N) is 1. The molecule has 1 amide bonds. The van der Waals surface area contributed by atoms with Crippen molar-refractivity contribution in [3.05, 3.63) is 69.8 Å². The summed E-state index contributed by atoms with van der Waals surface area (Å²) in [5.74, 6) is -0.553. The zero-order chi connectivity index (χ0) is 20.9. The van der Waals surface area contributed by atoms with Crippen LogP contribution in [0, 0.1) is 10.1 Å². The maximum Gasteiger partial charge on any atom is 0.293 e. The van der Waals surface area contributed by atoms with E-state index in [1.807, 2.05) is 6.07 Å². The van der Waals surface area contributed by atoms with Crippen LogP contribution in [-0.4, -0.2) is 37.6 Å². The number of nitrogens with one attached hydrogen (secondary N) is 2. The topological polar surface area (TPSA) is 118 Å². The molecule has 0 bridgehead atoms. The van der Waals surface area contributed by atoms with Crippen LogP contribution in [0.3, 0.4) is 0 Å². The van der Waals surface area contributed by atoms with Gasteiger partial charge < -0.3 is 10.6 Å². The molecule has 0 radical (unpaired) electrons. The van der Waals surface area contributed by atoms with Gasteiger partial charge in [-0.2, -0.15) is 0 Å². The number of amides is 1. The number of rotatable bonds is 10. The Hall–Kier alpha value is -2.94. The van der Waals surface area contributed by atoms with E-state index in [0.717, 1.165) is 18.4 Å². The Labute approximate surface area is 169 Å². The highest BCUT2D eigenvalue weighted by atomic mass is 32.2. The summed E-state index contributed by atoms with van der Waals surface area (Å²) in [5, 5.41) is 17.0. The van der Waals surface area contributed by atoms with Gasteiger partial charge in [0.15, 0.2) is 9.84 Å². The highest BCUT2D eigenvalue weighted by Gasteiger charge is 2.25. The zero-order valence-electron chi connectivity index (χ0n) is 15.8. The highest BCUT2D eigenvalue weighted by molar-refractivity contribution is 7.90. The summed E-state index contributed by atoms with van der Waals surface area (Å²) < 4.78 is 24.3. The second kappa shape index (κ2) is 9.04. The lowest BCUT2D eigenvalue weighted by molar-refractivity contribution is -0.384. The summed E-state index contributed by atoms with van der Waals surface area (Å²) in [5.41, 5.74) is 1.16. The molecule has 3 rings (SSSR count). The van der Waals surface area contributed by atoms with E-state index in [0.29, 0.717) is 5.69 Å². The van der Waals surface area contributed by atoms with Crippen LogP contribution < -0.4 is 10.6 Å². The molecular weight excluding hydrogens is 394 g/mol. The number of anilines is 1. The predicted molar refractivity (Wildman–Crippen MR) is 111 cm³/mol. The van der Waals surface area contributed by atoms with Crippen LogP contribution in [0.5, 0.6) is 0 Å². The molecule has 154 valence electrons. The molecule has 1 fully saturated rings. The molecule has 1 aliphatic rings. The third-order valence-corrected chi connectivity index (χ3v) is 6.22. The number of carbonyl (C=O) groups excluding carboxylic acids is 1. The lowest BCUT2D eigenvalue weighted by Gasteiger charge is -2.09. The summed E-state index contributed by atoms with van der Waals surface area (Å²) in [6.45, 7) is 0.169. The summed E-state index contributed by atoms with van der Waals surface area (Å²) in [6, 6.07) is 13.5. The Bertz CT molecular complexity index is 988. The number of nitro benzene ring substituents is 1. The van der Waals surface area contributed by atoms with Crippen LogP contribution in [0.4, 0.5) is 11.4 Å². The van der Waals surface area contributed by atoms with Crippen LogP contribution in [-0.2, 0) is 15.6 Å². The second-order valence-electron chi connectivity index (χ2n) is 7.09. The quantitative estimate of drug-likeness (QED) is 0.349. The number of nitro groups is 1. The van der Waals surface area contributed by atoms with Crippen molar-refractivity contribution in [1.82, 2.24) is 5.32 Å². The molecule has 0 saturated heterocycles. The van der Waals surface area contributed by atoms with Gasteiger partial charge >= 0.3 is 0 Å². The van der Waals surface area contributed by atoms with E-state index in [1.165, 1.54) is 18.2 Å². The number of hydrogen-bond donors (Lipinski definition) is 2. The minimum absolute atomic E-state index is 0.0383. The van der Waals surface area contributed by atoms with Gasteiger partial charge in [-0.1, -0.05) is 30.3 Å². The Balaban J connectivity index is 1.51. The van der Waals surface area contributed by atoms with E-state index in [1.54, 1.807) is 24.3 Å². The zero-order valence-corrected chi connectivity index (χ0v) is 16.7. The molecule has 29 heavy (non-hydrogen) atoms. The average molecular weight is 417 g/mol. The smallest absolute Gasteiger partial charge is 0.293 e. The van der Waals surface area contributed by atoms with Crippen LogP contribution in [0.1, 0.15) is 35.2 Å². The fraction of sp³-hybridized carbons (Fsp3) is 0.350. The van der Waals surface area contributed by atoms with Crippen LogP contribution in [0.15, 0.2) is 48.5 Å². The standard InChI is InChI=1S/C20H23N3O5S/c24-20(16-7-10-18(22-17-8-9-17)19(13-16)23(25)26)21-11-4-12-29(27,28)14-15-5-2-1-3-6-15/h1-3,5-7,10,13,17,22H,4,8-9,11-12,14H2,(H,21,24). The molecule has 0 unspecified atom stereocenters. The van der Waals surface area contributed by atoms with Gasteiger partial charge in [0.2, 0.25) is 0 Å². The van der Waals surface area contributed by atoms with E-state index >= 15 is 0 Å². The van der Waals surface area contributed by atoms with Crippen molar-refractivity contribution in [3.63, 3.8) is 0 Å². The third-order valence-electron chi connectivity index (χ3n) is 4.54. The van der Waals surface area contributed by atoms with Gasteiger partial charge in [-0.25, -0.2) is 8.42 Å². The van der Waals surface area contributed by atoms with Crippen LogP contribution in [0.2, 0.25) is 0 Å². The van der Waals surface area contributed by atoms with Gasteiger partial charge in [0.1, 0.15) is 5.69 Å². The van der Waals surface area contributed by atoms with Crippen molar-refractivity contribution in [2.24, 2.45) is 0 Å². The van der Waals surface area contributed by atoms with Crippen molar-refractivity contribution < 1.29 is 18.1 Å². The maximum atomic E-state index is 12.3. The normalized spacial score (nSPS) is 13.7. The van der Waals surface area contributed by atoms with E-state index in [2.05, 4.69) is 10.6 Å². The molecule has 0 aromatic heterocycles. The molecule has 2 aromatic rings. The molecule has 9 heteroatoms. The number of carbonyl (C=O) groups is 1. The fourth-order valence-corrected chi connectivity index (χ4v) is 4.32. The van der Waals surface area contributed by atoms with Gasteiger partial charge in [0, 0.05) is 24.2 Å². The fourth-order valence-electron chi connectivity index (χ4n) is 2.89. The Morgan fingerprint density at radius 3 is 2.52 bits per heavy atom. The minimum Gasteiger partial charge on any atom is -0.377 e. The minimum atomic E-state index is -3.28. The first-order valence-corrected chi connectivity index (χ1v) is 11.2. The third kappa shape index (κ3) is 6.28. The molecule has 0 spiro atoms. The average Bonchev–Trinajstić information content (AvgIpc) is 3.49. The van der Waals surface area contributed by atoms with E-state index < -0.39 is 20.7 Å². The van der Waals surface area contributed by atoms with Crippen molar-refractivity contribution in [2.75, 3.05) is 17.6 Å². The molecule has 1 saturated carbocycles. The first kappa shape index (κ1) is 20.8.